The molecule has 3 aromatic rings. The largest absolute Gasteiger partial charge is 0.482 e. The van der Waals surface area contributed by atoms with Crippen molar-refractivity contribution in [3.63, 3.8) is 0 Å². The number of piperidine rings is 1. The Morgan fingerprint density at radius 3 is 2.73 bits per heavy atom. The van der Waals surface area contributed by atoms with Crippen LogP contribution in [-0.2, 0) is 12.6 Å². The summed E-state index contributed by atoms with van der Waals surface area (Å²) in [5, 5.41) is 4.96. The van der Waals surface area contributed by atoms with Gasteiger partial charge in [0.05, 0.1) is 17.5 Å². The third-order valence-electron chi connectivity index (χ3n) is 6.20. The first-order valence-electron chi connectivity index (χ1n) is 10.3. The van der Waals surface area contributed by atoms with Gasteiger partial charge in [-0.3, -0.25) is 9.48 Å². The van der Waals surface area contributed by atoms with Crippen LogP contribution in [0.1, 0.15) is 28.8 Å². The number of aromatic nitrogens is 2. The highest BCUT2D eigenvalue weighted by Gasteiger charge is 2.46. The third-order valence-corrected chi connectivity index (χ3v) is 6.43. The van der Waals surface area contributed by atoms with E-state index < -0.39 is 29.7 Å². The molecule has 172 valence electrons. The number of carbonyl (C=O) groups is 1. The molecule has 0 N–H and O–H groups in total. The number of ether oxygens (including phenoxy) is 2. The molecule has 1 amide bonds. The van der Waals surface area contributed by atoms with E-state index in [1.807, 2.05) is 13.1 Å². The Hall–Kier alpha value is -3.20. The number of benzene rings is 2. The first kappa shape index (κ1) is 21.6. The minimum Gasteiger partial charge on any atom is -0.482 e. The molecule has 6 nitrogen and oxygen atoms in total. The predicted octanol–water partition coefficient (Wildman–Crippen LogP) is 5.00. The minimum atomic E-state index is -3.25. The van der Waals surface area contributed by atoms with Crippen molar-refractivity contribution < 1.29 is 27.4 Å². The van der Waals surface area contributed by atoms with Crippen LogP contribution in [0.4, 0.5) is 13.2 Å². The number of hydrogen-bond acceptors (Lipinski definition) is 4. The van der Waals surface area contributed by atoms with Crippen molar-refractivity contribution in [2.24, 2.45) is 7.05 Å². The number of aryl methyl sites for hydroxylation is 1. The fraction of sp³-hybridized carbons (Fsp3) is 0.304. The second-order valence-electron chi connectivity index (χ2n) is 8.05. The Balaban J connectivity index is 1.43. The SMILES string of the molecule is Cn1ncc2c1-c1ccc(Cl)cc1OC21CCN(C(=O)c2cccc(F)c2OC(F)F)CC1. The summed E-state index contributed by atoms with van der Waals surface area (Å²) in [5.41, 5.74) is 1.76. The summed E-state index contributed by atoms with van der Waals surface area (Å²) in [6, 6.07) is 8.98. The van der Waals surface area contributed by atoms with Gasteiger partial charge in [-0.25, -0.2) is 4.39 Å². The van der Waals surface area contributed by atoms with Crippen LogP contribution < -0.4 is 9.47 Å². The zero-order chi connectivity index (χ0) is 23.3. The van der Waals surface area contributed by atoms with Crippen LogP contribution in [0, 0.1) is 5.82 Å². The maximum absolute atomic E-state index is 14.1. The van der Waals surface area contributed by atoms with Gasteiger partial charge in [0.15, 0.2) is 11.6 Å². The molecule has 5 rings (SSSR count). The monoisotopic (exact) mass is 477 g/mol. The highest BCUT2D eigenvalue weighted by atomic mass is 35.5. The molecule has 1 saturated heterocycles. The van der Waals surface area contributed by atoms with Crippen LogP contribution in [0.3, 0.4) is 0 Å². The summed E-state index contributed by atoms with van der Waals surface area (Å²) in [6.45, 7) is -2.70. The van der Waals surface area contributed by atoms with Gasteiger partial charge in [0.25, 0.3) is 5.91 Å². The van der Waals surface area contributed by atoms with Crippen molar-refractivity contribution in [3.05, 3.63) is 64.6 Å². The van der Waals surface area contributed by atoms with E-state index in [2.05, 4.69) is 9.84 Å². The van der Waals surface area contributed by atoms with E-state index in [0.717, 1.165) is 22.9 Å². The maximum Gasteiger partial charge on any atom is 0.387 e. The summed E-state index contributed by atoms with van der Waals surface area (Å²) >= 11 is 6.19. The highest BCUT2D eigenvalue weighted by molar-refractivity contribution is 6.30. The molecule has 1 fully saturated rings. The number of amides is 1. The Labute approximate surface area is 192 Å². The molecule has 0 bridgehead atoms. The number of hydrogen-bond donors (Lipinski definition) is 0. The number of likely N-dealkylation sites (tertiary alicyclic amines) is 1. The zero-order valence-corrected chi connectivity index (χ0v) is 18.3. The van der Waals surface area contributed by atoms with E-state index in [9.17, 15) is 18.0 Å². The van der Waals surface area contributed by atoms with E-state index in [-0.39, 0.29) is 18.7 Å². The van der Waals surface area contributed by atoms with Gasteiger partial charge in [0.2, 0.25) is 0 Å². The lowest BCUT2D eigenvalue weighted by Crippen LogP contribution is -2.49. The summed E-state index contributed by atoms with van der Waals surface area (Å²) in [5.74, 6) is -1.70. The van der Waals surface area contributed by atoms with Gasteiger partial charge in [-0.15, -0.1) is 0 Å². The standard InChI is InChI=1S/C23H19ClF3N3O3/c1-29-19-14-6-5-13(24)11-18(14)33-23(16(19)12-28-29)7-9-30(10-8-23)21(31)15-3-2-4-17(25)20(15)32-22(26)27/h2-6,11-12,22H,7-10H2,1H3. The fourth-order valence-corrected chi connectivity index (χ4v) is 4.79. The molecule has 1 aromatic heterocycles. The first-order chi connectivity index (χ1) is 15.8. The lowest BCUT2D eigenvalue weighted by molar-refractivity contribution is -0.0527. The molecule has 0 aliphatic carbocycles. The van der Waals surface area contributed by atoms with Crippen LogP contribution in [0.5, 0.6) is 11.5 Å². The molecule has 0 radical (unpaired) electrons. The minimum absolute atomic E-state index is 0.241. The van der Waals surface area contributed by atoms with Crippen LogP contribution in [0.15, 0.2) is 42.6 Å². The van der Waals surface area contributed by atoms with Crippen molar-refractivity contribution in [3.8, 4) is 22.8 Å². The predicted molar refractivity (Wildman–Crippen MR) is 114 cm³/mol. The normalized spacial score (nSPS) is 16.4. The molecular weight excluding hydrogens is 459 g/mol. The van der Waals surface area contributed by atoms with Crippen LogP contribution in [0.25, 0.3) is 11.3 Å². The molecule has 2 aliphatic rings. The van der Waals surface area contributed by atoms with Crippen molar-refractivity contribution in [2.75, 3.05) is 13.1 Å². The van der Waals surface area contributed by atoms with Crippen LogP contribution >= 0.6 is 11.6 Å². The van der Waals surface area contributed by atoms with Gasteiger partial charge in [-0.1, -0.05) is 17.7 Å². The second kappa shape index (κ2) is 7.98. The number of rotatable bonds is 3. The number of alkyl halides is 2. The summed E-state index contributed by atoms with van der Waals surface area (Å²) in [6.07, 6.45) is 2.64. The average molecular weight is 478 g/mol. The number of para-hydroxylation sites is 1. The smallest absolute Gasteiger partial charge is 0.387 e. The van der Waals surface area contributed by atoms with Gasteiger partial charge in [-0.2, -0.15) is 13.9 Å². The molecular formula is C23H19ClF3N3O3. The van der Waals surface area contributed by atoms with E-state index in [1.165, 1.54) is 17.0 Å². The number of carbonyl (C=O) groups excluding carboxylic acids is 1. The Bertz CT molecular complexity index is 1240. The molecule has 10 heteroatoms. The number of halogens is 4. The van der Waals surface area contributed by atoms with E-state index in [4.69, 9.17) is 16.3 Å². The Kier molecular flexibility index (Phi) is 5.23. The molecule has 0 saturated carbocycles. The van der Waals surface area contributed by atoms with Gasteiger partial charge in [0.1, 0.15) is 11.4 Å². The number of fused-ring (bicyclic) bond motifs is 4. The molecule has 2 aliphatic heterocycles. The molecule has 0 atom stereocenters. The highest BCUT2D eigenvalue weighted by Crippen LogP contribution is 2.50. The molecule has 3 heterocycles. The Morgan fingerprint density at radius 2 is 2.00 bits per heavy atom. The van der Waals surface area contributed by atoms with Crippen LogP contribution in [0.2, 0.25) is 5.02 Å². The van der Waals surface area contributed by atoms with Gasteiger partial charge in [0, 0.05) is 49.1 Å². The molecule has 33 heavy (non-hydrogen) atoms. The van der Waals surface area contributed by atoms with E-state index in [0.29, 0.717) is 23.6 Å². The van der Waals surface area contributed by atoms with Gasteiger partial charge >= 0.3 is 6.61 Å². The average Bonchev–Trinajstić information content (AvgIpc) is 3.18. The third kappa shape index (κ3) is 3.60. The van der Waals surface area contributed by atoms with Gasteiger partial charge in [-0.05, 0) is 30.3 Å². The van der Waals surface area contributed by atoms with Crippen molar-refractivity contribution in [1.29, 1.82) is 0 Å². The maximum atomic E-state index is 14.1. The van der Waals surface area contributed by atoms with E-state index >= 15 is 0 Å². The lowest BCUT2D eigenvalue weighted by Gasteiger charge is -2.44. The second-order valence-corrected chi connectivity index (χ2v) is 8.49. The van der Waals surface area contributed by atoms with Gasteiger partial charge < -0.3 is 14.4 Å². The molecule has 2 aromatic carbocycles. The summed E-state index contributed by atoms with van der Waals surface area (Å²) < 4.78 is 52.2. The number of nitrogens with zero attached hydrogens (tertiary/aromatic N) is 3. The van der Waals surface area contributed by atoms with Crippen molar-refractivity contribution in [2.45, 2.75) is 25.1 Å². The molecule has 0 unspecified atom stereocenters. The summed E-state index contributed by atoms with van der Waals surface area (Å²) in [4.78, 5) is 14.6. The van der Waals surface area contributed by atoms with Crippen molar-refractivity contribution in [1.82, 2.24) is 14.7 Å². The zero-order valence-electron chi connectivity index (χ0n) is 17.5. The quantitative estimate of drug-likeness (QED) is 0.532. The van der Waals surface area contributed by atoms with E-state index in [1.54, 1.807) is 23.0 Å². The topological polar surface area (TPSA) is 56.6 Å². The summed E-state index contributed by atoms with van der Waals surface area (Å²) in [7, 11) is 1.85. The van der Waals surface area contributed by atoms with Crippen LogP contribution in [-0.4, -0.2) is 40.3 Å². The first-order valence-corrected chi connectivity index (χ1v) is 10.7. The van der Waals surface area contributed by atoms with Crippen molar-refractivity contribution >= 4 is 17.5 Å². The lowest BCUT2D eigenvalue weighted by atomic mass is 9.81. The molecule has 1 spiro atoms. The Morgan fingerprint density at radius 1 is 1.24 bits per heavy atom. The fourth-order valence-electron chi connectivity index (χ4n) is 4.63.